The van der Waals surface area contributed by atoms with Gasteiger partial charge in [-0.1, -0.05) is 17.7 Å². The van der Waals surface area contributed by atoms with Gasteiger partial charge in [0, 0.05) is 48.1 Å². The van der Waals surface area contributed by atoms with Crippen LogP contribution in [0.5, 0.6) is 5.75 Å². The van der Waals surface area contributed by atoms with E-state index in [1.807, 2.05) is 24.3 Å². The molecule has 34 heavy (non-hydrogen) atoms. The Labute approximate surface area is 202 Å². The van der Waals surface area contributed by atoms with E-state index in [-0.39, 0.29) is 18.7 Å². The molecule has 178 valence electrons. The standard InChI is InChI=1S/C24H23ClFN3O4S/c1-33-21-8-6-20(7-9-21)28-11-13-29(14-12-28)34(31,32)23-15-17(5-10-22(23)26)24(30)27-19-4-2-3-18(25)16-19/h2-10,15-16H,11-14H2,1H3,(H,27,30). The highest BCUT2D eigenvalue weighted by atomic mass is 35.5. The molecule has 7 nitrogen and oxygen atoms in total. The summed E-state index contributed by atoms with van der Waals surface area (Å²) in [4.78, 5) is 14.2. The molecule has 1 heterocycles. The molecule has 1 fully saturated rings. The largest absolute Gasteiger partial charge is 0.497 e. The van der Waals surface area contributed by atoms with Gasteiger partial charge >= 0.3 is 0 Å². The van der Waals surface area contributed by atoms with Gasteiger partial charge in [-0.05, 0) is 60.7 Å². The van der Waals surface area contributed by atoms with Gasteiger partial charge in [-0.25, -0.2) is 12.8 Å². The summed E-state index contributed by atoms with van der Waals surface area (Å²) in [7, 11) is -2.54. The van der Waals surface area contributed by atoms with E-state index in [0.717, 1.165) is 23.6 Å². The van der Waals surface area contributed by atoms with Gasteiger partial charge in [0.15, 0.2) is 0 Å². The van der Waals surface area contributed by atoms with Crippen LogP contribution in [-0.4, -0.2) is 51.9 Å². The fourth-order valence-corrected chi connectivity index (χ4v) is 5.43. The molecular formula is C24H23ClFN3O4S. The van der Waals surface area contributed by atoms with E-state index in [2.05, 4.69) is 10.2 Å². The minimum atomic E-state index is -4.13. The molecule has 0 spiro atoms. The van der Waals surface area contributed by atoms with Gasteiger partial charge in [-0.2, -0.15) is 4.31 Å². The quantitative estimate of drug-likeness (QED) is 0.544. The molecule has 1 amide bonds. The monoisotopic (exact) mass is 503 g/mol. The molecule has 1 saturated heterocycles. The van der Waals surface area contributed by atoms with Crippen molar-refractivity contribution in [2.24, 2.45) is 0 Å². The molecule has 1 aliphatic heterocycles. The zero-order chi connectivity index (χ0) is 24.3. The highest BCUT2D eigenvalue weighted by Gasteiger charge is 2.31. The van der Waals surface area contributed by atoms with Crippen molar-refractivity contribution >= 4 is 38.9 Å². The summed E-state index contributed by atoms with van der Waals surface area (Å²) in [6.45, 7) is 1.27. The molecule has 0 bridgehead atoms. The fraction of sp³-hybridized carbons (Fsp3) is 0.208. The third-order valence-corrected chi connectivity index (χ3v) is 7.72. The Hall–Kier alpha value is -3.14. The zero-order valence-corrected chi connectivity index (χ0v) is 19.9. The van der Waals surface area contributed by atoms with Gasteiger partial charge in [0.25, 0.3) is 5.91 Å². The van der Waals surface area contributed by atoms with Crippen molar-refractivity contribution in [3.05, 3.63) is 83.1 Å². The van der Waals surface area contributed by atoms with Gasteiger partial charge < -0.3 is 15.0 Å². The van der Waals surface area contributed by atoms with Crippen LogP contribution in [0.25, 0.3) is 0 Å². The number of hydrogen-bond acceptors (Lipinski definition) is 5. The van der Waals surface area contributed by atoms with E-state index >= 15 is 0 Å². The Morgan fingerprint density at radius 2 is 1.71 bits per heavy atom. The van der Waals surface area contributed by atoms with Crippen LogP contribution in [0.15, 0.2) is 71.6 Å². The SMILES string of the molecule is COc1ccc(N2CCN(S(=O)(=O)c3cc(C(=O)Nc4cccc(Cl)c4)ccc3F)CC2)cc1. The van der Waals surface area contributed by atoms with E-state index < -0.39 is 26.6 Å². The maximum absolute atomic E-state index is 14.6. The number of benzene rings is 3. The van der Waals surface area contributed by atoms with Crippen molar-refractivity contribution < 1.29 is 22.3 Å². The Kier molecular flexibility index (Phi) is 7.06. The van der Waals surface area contributed by atoms with Crippen LogP contribution < -0.4 is 15.0 Å². The van der Waals surface area contributed by atoms with Crippen LogP contribution in [-0.2, 0) is 10.0 Å². The number of amides is 1. The molecule has 1 aliphatic rings. The maximum atomic E-state index is 14.6. The van der Waals surface area contributed by atoms with Crippen molar-refractivity contribution in [3.63, 3.8) is 0 Å². The molecule has 3 aromatic carbocycles. The van der Waals surface area contributed by atoms with E-state index in [4.69, 9.17) is 16.3 Å². The topological polar surface area (TPSA) is 79.0 Å². The molecule has 1 N–H and O–H groups in total. The number of hydrogen-bond donors (Lipinski definition) is 1. The minimum absolute atomic E-state index is 0.0248. The number of methoxy groups -OCH3 is 1. The lowest BCUT2D eigenvalue weighted by atomic mass is 10.2. The highest BCUT2D eigenvalue weighted by Crippen LogP contribution is 2.25. The van der Waals surface area contributed by atoms with Crippen molar-refractivity contribution in [2.45, 2.75) is 4.90 Å². The number of sulfonamides is 1. The minimum Gasteiger partial charge on any atom is -0.497 e. The molecule has 0 radical (unpaired) electrons. The van der Waals surface area contributed by atoms with Crippen LogP contribution in [0, 0.1) is 5.82 Å². The van der Waals surface area contributed by atoms with Gasteiger partial charge in [0.2, 0.25) is 10.0 Å². The summed E-state index contributed by atoms with van der Waals surface area (Å²) in [5.74, 6) is -0.736. The molecule has 0 atom stereocenters. The molecule has 4 rings (SSSR count). The number of halogens is 2. The lowest BCUT2D eigenvalue weighted by molar-refractivity contribution is 0.102. The Bertz CT molecular complexity index is 1290. The zero-order valence-electron chi connectivity index (χ0n) is 18.4. The second-order valence-electron chi connectivity index (χ2n) is 7.70. The van der Waals surface area contributed by atoms with Gasteiger partial charge in [0.05, 0.1) is 7.11 Å². The summed E-state index contributed by atoms with van der Waals surface area (Å²) in [6, 6.07) is 17.3. The molecule has 0 aliphatic carbocycles. The van der Waals surface area contributed by atoms with Crippen LogP contribution in [0.1, 0.15) is 10.4 Å². The average molecular weight is 504 g/mol. The predicted octanol–water partition coefficient (Wildman–Crippen LogP) is 4.25. The van der Waals surface area contributed by atoms with Crippen LogP contribution in [0.3, 0.4) is 0 Å². The van der Waals surface area contributed by atoms with Crippen molar-refractivity contribution in [1.29, 1.82) is 0 Å². The Morgan fingerprint density at radius 1 is 1.00 bits per heavy atom. The maximum Gasteiger partial charge on any atom is 0.255 e. The Balaban J connectivity index is 1.49. The summed E-state index contributed by atoms with van der Waals surface area (Å²) in [6.07, 6.45) is 0. The van der Waals surface area contributed by atoms with Gasteiger partial charge in [0.1, 0.15) is 16.5 Å². The fourth-order valence-electron chi connectivity index (χ4n) is 3.73. The first kappa shape index (κ1) is 24.0. The lowest BCUT2D eigenvalue weighted by Crippen LogP contribution is -2.48. The van der Waals surface area contributed by atoms with Crippen LogP contribution in [0.2, 0.25) is 5.02 Å². The number of nitrogens with one attached hydrogen (secondary N) is 1. The van der Waals surface area contributed by atoms with Crippen LogP contribution >= 0.6 is 11.6 Å². The first-order valence-electron chi connectivity index (χ1n) is 10.5. The number of carbonyl (C=O) groups is 1. The summed E-state index contributed by atoms with van der Waals surface area (Å²) in [5.41, 5.74) is 1.42. The van der Waals surface area contributed by atoms with Gasteiger partial charge in [-0.3, -0.25) is 4.79 Å². The number of nitrogens with zero attached hydrogens (tertiary/aromatic N) is 2. The lowest BCUT2D eigenvalue weighted by Gasteiger charge is -2.35. The van der Waals surface area contributed by atoms with E-state index in [1.54, 1.807) is 31.4 Å². The molecule has 0 aromatic heterocycles. The highest BCUT2D eigenvalue weighted by molar-refractivity contribution is 7.89. The second kappa shape index (κ2) is 10.0. The second-order valence-corrected chi connectivity index (χ2v) is 10.0. The summed E-state index contributed by atoms with van der Waals surface area (Å²) < 4.78 is 47.4. The number of piperazine rings is 1. The molecular weight excluding hydrogens is 481 g/mol. The van der Waals surface area contributed by atoms with Gasteiger partial charge in [-0.15, -0.1) is 0 Å². The normalized spacial score (nSPS) is 14.6. The van der Waals surface area contributed by atoms with E-state index in [0.29, 0.717) is 23.8 Å². The predicted molar refractivity (Wildman–Crippen MR) is 130 cm³/mol. The first-order valence-corrected chi connectivity index (χ1v) is 12.4. The number of anilines is 2. The smallest absolute Gasteiger partial charge is 0.255 e. The van der Waals surface area contributed by atoms with E-state index in [1.165, 1.54) is 10.4 Å². The van der Waals surface area contributed by atoms with E-state index in [9.17, 15) is 17.6 Å². The summed E-state index contributed by atoms with van der Waals surface area (Å²) >= 11 is 5.93. The number of ether oxygens (including phenoxy) is 1. The van der Waals surface area contributed by atoms with Crippen molar-refractivity contribution in [2.75, 3.05) is 43.5 Å². The number of rotatable bonds is 6. The summed E-state index contributed by atoms with van der Waals surface area (Å²) in [5, 5.41) is 3.08. The van der Waals surface area contributed by atoms with Crippen molar-refractivity contribution in [3.8, 4) is 5.75 Å². The third kappa shape index (κ3) is 5.16. The first-order chi connectivity index (χ1) is 16.3. The van der Waals surface area contributed by atoms with Crippen molar-refractivity contribution in [1.82, 2.24) is 4.31 Å². The molecule has 3 aromatic rings. The molecule has 0 saturated carbocycles. The third-order valence-electron chi connectivity index (χ3n) is 5.57. The number of carbonyl (C=O) groups excluding carboxylic acids is 1. The molecule has 10 heteroatoms. The van der Waals surface area contributed by atoms with Crippen LogP contribution in [0.4, 0.5) is 15.8 Å². The Morgan fingerprint density at radius 3 is 2.35 bits per heavy atom. The molecule has 0 unspecified atom stereocenters. The average Bonchev–Trinajstić information content (AvgIpc) is 2.84.